The molecule has 0 saturated carbocycles. The molecule has 0 spiro atoms. The van der Waals surface area contributed by atoms with Gasteiger partial charge >= 0.3 is 5.97 Å². The Kier molecular flexibility index (Phi) is 4.57. The van der Waals surface area contributed by atoms with Gasteiger partial charge in [-0.1, -0.05) is 48.5 Å². The number of benzene rings is 2. The lowest BCUT2D eigenvalue weighted by atomic mass is 9.69. The van der Waals surface area contributed by atoms with Crippen LogP contribution in [0.5, 0.6) is 0 Å². The number of carbonyl (C=O) groups is 1. The fraction of sp³-hybridized carbons (Fsp3) is 0.409. The van der Waals surface area contributed by atoms with Crippen molar-refractivity contribution in [3.8, 4) is 0 Å². The Balaban J connectivity index is 2.22. The number of ether oxygens (including phenoxy) is 1. The van der Waals surface area contributed by atoms with Gasteiger partial charge in [-0.25, -0.2) is 0 Å². The summed E-state index contributed by atoms with van der Waals surface area (Å²) in [7, 11) is 1.95. The van der Waals surface area contributed by atoms with Crippen molar-refractivity contribution in [3.05, 3.63) is 65.7 Å². The summed E-state index contributed by atoms with van der Waals surface area (Å²) in [4.78, 5) is 15.2. The van der Waals surface area contributed by atoms with E-state index in [1.807, 2.05) is 94.2 Å². The second kappa shape index (κ2) is 6.44. The SMILES string of the molecule is C[C@H]1[C@H](C(=O)OC(C)(C)C)[C@@](O)(c2ccccc2)c2ccccc2N1C. The monoisotopic (exact) mass is 353 g/mol. The topological polar surface area (TPSA) is 49.8 Å². The van der Waals surface area contributed by atoms with E-state index in [-0.39, 0.29) is 6.04 Å². The fourth-order valence-electron chi connectivity index (χ4n) is 3.82. The summed E-state index contributed by atoms with van der Waals surface area (Å²) < 4.78 is 5.70. The maximum Gasteiger partial charge on any atom is 0.315 e. The smallest absolute Gasteiger partial charge is 0.315 e. The molecule has 1 aliphatic heterocycles. The quantitative estimate of drug-likeness (QED) is 0.836. The van der Waals surface area contributed by atoms with Gasteiger partial charge in [-0.2, -0.15) is 0 Å². The predicted molar refractivity (Wildman–Crippen MR) is 103 cm³/mol. The van der Waals surface area contributed by atoms with Gasteiger partial charge < -0.3 is 14.7 Å². The molecule has 3 atom stereocenters. The van der Waals surface area contributed by atoms with Gasteiger partial charge in [0, 0.05) is 24.3 Å². The number of esters is 1. The number of para-hydroxylation sites is 1. The summed E-state index contributed by atoms with van der Waals surface area (Å²) >= 11 is 0. The highest BCUT2D eigenvalue weighted by molar-refractivity contribution is 5.80. The van der Waals surface area contributed by atoms with Crippen molar-refractivity contribution in [2.24, 2.45) is 5.92 Å². The van der Waals surface area contributed by atoms with Crippen molar-refractivity contribution in [2.75, 3.05) is 11.9 Å². The number of fused-ring (bicyclic) bond motifs is 1. The Labute approximate surface area is 155 Å². The van der Waals surface area contributed by atoms with E-state index in [4.69, 9.17) is 4.74 Å². The van der Waals surface area contributed by atoms with Crippen LogP contribution < -0.4 is 4.90 Å². The normalized spacial score (nSPS) is 25.5. The molecule has 138 valence electrons. The number of rotatable bonds is 2. The van der Waals surface area contributed by atoms with Crippen molar-refractivity contribution in [3.63, 3.8) is 0 Å². The molecule has 0 bridgehead atoms. The first kappa shape index (κ1) is 18.5. The number of nitrogens with zero attached hydrogens (tertiary/aromatic N) is 1. The first-order valence-electron chi connectivity index (χ1n) is 8.99. The van der Waals surface area contributed by atoms with Crippen LogP contribution in [0.2, 0.25) is 0 Å². The van der Waals surface area contributed by atoms with E-state index in [1.165, 1.54) is 0 Å². The largest absolute Gasteiger partial charge is 0.460 e. The molecule has 1 heterocycles. The highest BCUT2D eigenvalue weighted by Gasteiger charge is 2.54. The first-order valence-corrected chi connectivity index (χ1v) is 8.99. The molecule has 4 heteroatoms. The highest BCUT2D eigenvalue weighted by Crippen LogP contribution is 2.48. The van der Waals surface area contributed by atoms with E-state index in [1.54, 1.807) is 0 Å². The summed E-state index contributed by atoms with van der Waals surface area (Å²) in [6.07, 6.45) is 0. The molecule has 0 radical (unpaired) electrons. The van der Waals surface area contributed by atoms with E-state index in [0.717, 1.165) is 11.3 Å². The zero-order valence-electron chi connectivity index (χ0n) is 16.1. The summed E-state index contributed by atoms with van der Waals surface area (Å²) in [5, 5.41) is 12.0. The van der Waals surface area contributed by atoms with Crippen molar-refractivity contribution in [1.82, 2.24) is 0 Å². The van der Waals surface area contributed by atoms with E-state index >= 15 is 0 Å². The Morgan fingerprint density at radius 3 is 2.27 bits per heavy atom. The van der Waals surface area contributed by atoms with Crippen LogP contribution in [0.4, 0.5) is 5.69 Å². The second-order valence-corrected chi connectivity index (χ2v) is 8.01. The molecule has 0 aromatic heterocycles. The molecule has 1 aliphatic rings. The highest BCUT2D eigenvalue weighted by atomic mass is 16.6. The molecule has 0 aliphatic carbocycles. The Bertz CT molecular complexity index is 797. The van der Waals surface area contributed by atoms with Crippen LogP contribution in [0.3, 0.4) is 0 Å². The minimum Gasteiger partial charge on any atom is -0.460 e. The van der Waals surface area contributed by atoms with Crippen LogP contribution in [0.15, 0.2) is 54.6 Å². The van der Waals surface area contributed by atoms with Crippen molar-refractivity contribution >= 4 is 11.7 Å². The lowest BCUT2D eigenvalue weighted by Gasteiger charge is -2.49. The number of hydrogen-bond donors (Lipinski definition) is 1. The molecule has 2 aromatic carbocycles. The standard InChI is InChI=1S/C22H27NO3/c1-15-19(20(24)26-21(2,3)4)22(25,16-11-7-6-8-12-16)17-13-9-10-14-18(17)23(15)5/h6-15,19,25H,1-5H3/t15-,19+,22+/m0/s1. The second-order valence-electron chi connectivity index (χ2n) is 8.01. The van der Waals surface area contributed by atoms with Gasteiger partial charge in [0.25, 0.3) is 0 Å². The molecule has 0 unspecified atom stereocenters. The van der Waals surface area contributed by atoms with Crippen LogP contribution in [-0.4, -0.2) is 29.8 Å². The molecule has 0 saturated heterocycles. The van der Waals surface area contributed by atoms with E-state index in [9.17, 15) is 9.90 Å². The zero-order chi connectivity index (χ0) is 19.1. The fourth-order valence-corrected chi connectivity index (χ4v) is 3.82. The summed E-state index contributed by atoms with van der Waals surface area (Å²) in [6, 6.07) is 16.9. The van der Waals surface area contributed by atoms with Crippen molar-refractivity contribution in [2.45, 2.75) is 44.9 Å². The maximum absolute atomic E-state index is 13.2. The zero-order valence-corrected chi connectivity index (χ0v) is 16.1. The lowest BCUT2D eigenvalue weighted by Crippen LogP contribution is -2.57. The number of anilines is 1. The molecule has 1 N–H and O–H groups in total. The van der Waals surface area contributed by atoms with Crippen molar-refractivity contribution < 1.29 is 14.6 Å². The number of carbonyl (C=O) groups excluding carboxylic acids is 1. The lowest BCUT2D eigenvalue weighted by molar-refractivity contribution is -0.170. The van der Waals surface area contributed by atoms with Gasteiger partial charge in [-0.15, -0.1) is 0 Å². The molecule has 0 fully saturated rings. The number of aliphatic hydroxyl groups is 1. The minimum absolute atomic E-state index is 0.232. The molecule has 0 amide bonds. The van der Waals surface area contributed by atoms with Crippen LogP contribution in [0.1, 0.15) is 38.8 Å². The van der Waals surface area contributed by atoms with Gasteiger partial charge in [0.05, 0.1) is 0 Å². The van der Waals surface area contributed by atoms with Gasteiger partial charge in [-0.3, -0.25) is 4.79 Å². The third-order valence-corrected chi connectivity index (χ3v) is 5.11. The minimum atomic E-state index is -1.45. The van der Waals surface area contributed by atoms with Crippen LogP contribution in [0.25, 0.3) is 0 Å². The first-order chi connectivity index (χ1) is 12.2. The Morgan fingerprint density at radius 2 is 1.65 bits per heavy atom. The van der Waals surface area contributed by atoms with Gasteiger partial charge in [0.15, 0.2) is 0 Å². The Morgan fingerprint density at radius 1 is 1.08 bits per heavy atom. The third-order valence-electron chi connectivity index (χ3n) is 5.11. The van der Waals surface area contributed by atoms with Gasteiger partial charge in [0.2, 0.25) is 0 Å². The average Bonchev–Trinajstić information content (AvgIpc) is 2.59. The van der Waals surface area contributed by atoms with E-state index in [0.29, 0.717) is 5.56 Å². The summed E-state index contributed by atoms with van der Waals surface area (Å²) in [5.74, 6) is -1.14. The van der Waals surface area contributed by atoms with E-state index in [2.05, 4.69) is 0 Å². The summed E-state index contributed by atoms with van der Waals surface area (Å²) in [6.45, 7) is 7.49. The molecular formula is C22H27NO3. The maximum atomic E-state index is 13.2. The molecular weight excluding hydrogens is 326 g/mol. The van der Waals surface area contributed by atoms with E-state index < -0.39 is 23.1 Å². The third kappa shape index (κ3) is 2.99. The Hall–Kier alpha value is -2.33. The van der Waals surface area contributed by atoms with Crippen LogP contribution in [-0.2, 0) is 15.1 Å². The predicted octanol–water partition coefficient (Wildman–Crippen LogP) is 3.72. The van der Waals surface area contributed by atoms with Gasteiger partial charge in [0.1, 0.15) is 17.1 Å². The molecule has 4 nitrogen and oxygen atoms in total. The molecule has 26 heavy (non-hydrogen) atoms. The molecule has 3 rings (SSSR count). The summed E-state index contributed by atoms with van der Waals surface area (Å²) in [5.41, 5.74) is 0.271. The van der Waals surface area contributed by atoms with Crippen molar-refractivity contribution in [1.29, 1.82) is 0 Å². The van der Waals surface area contributed by atoms with Crippen LogP contribution in [0, 0.1) is 5.92 Å². The molecule has 2 aromatic rings. The average molecular weight is 353 g/mol. The van der Waals surface area contributed by atoms with Gasteiger partial charge in [-0.05, 0) is 39.3 Å². The number of hydrogen-bond acceptors (Lipinski definition) is 4. The van der Waals surface area contributed by atoms with Crippen LogP contribution >= 0.6 is 0 Å².